The van der Waals surface area contributed by atoms with Gasteiger partial charge in [-0.3, -0.25) is 0 Å². The van der Waals surface area contributed by atoms with Crippen molar-refractivity contribution in [3.63, 3.8) is 0 Å². The average molecular weight is 253 g/mol. The van der Waals surface area contributed by atoms with E-state index in [4.69, 9.17) is 9.47 Å². The highest BCUT2D eigenvalue weighted by molar-refractivity contribution is 8.13. The minimum atomic E-state index is -0.670. The summed E-state index contributed by atoms with van der Waals surface area (Å²) in [5.74, 6) is 0.470. The Morgan fingerprint density at radius 2 is 2.06 bits per heavy atom. The number of nitrogens with zero attached hydrogens (tertiary/aromatic N) is 1. The lowest BCUT2D eigenvalue weighted by molar-refractivity contribution is 0.210. The van der Waals surface area contributed by atoms with E-state index in [-0.39, 0.29) is 0 Å². The van der Waals surface area contributed by atoms with Crippen molar-refractivity contribution in [1.82, 2.24) is 0 Å². The molecule has 92 valence electrons. The van der Waals surface area contributed by atoms with Gasteiger partial charge in [-0.2, -0.15) is 0 Å². The zero-order valence-electron chi connectivity index (χ0n) is 9.88. The van der Waals surface area contributed by atoms with Crippen molar-refractivity contribution in [3.8, 4) is 5.75 Å². The molecule has 0 saturated carbocycles. The summed E-state index contributed by atoms with van der Waals surface area (Å²) in [6, 6.07) is 8.81. The number of hydrogen-bond acceptors (Lipinski definition) is 4. The van der Waals surface area contributed by atoms with Crippen molar-refractivity contribution in [2.75, 3.05) is 12.9 Å². The summed E-state index contributed by atoms with van der Waals surface area (Å²) in [6.07, 6.45) is 1.99. The van der Waals surface area contributed by atoms with Crippen LogP contribution < -0.4 is 4.74 Å². The first kappa shape index (κ1) is 13.6. The fourth-order valence-corrected chi connectivity index (χ4v) is 1.38. The molecule has 1 aromatic carbocycles. The molecular formula is C12H15NO3S. The van der Waals surface area contributed by atoms with Gasteiger partial charge in [-0.25, -0.2) is 4.79 Å². The van der Waals surface area contributed by atoms with E-state index < -0.39 is 6.09 Å². The molecule has 17 heavy (non-hydrogen) atoms. The van der Waals surface area contributed by atoms with E-state index in [0.717, 1.165) is 6.42 Å². The summed E-state index contributed by atoms with van der Waals surface area (Å²) in [4.78, 5) is 15.2. The summed E-state index contributed by atoms with van der Waals surface area (Å²) in [5, 5.41) is 0.327. The minimum Gasteiger partial charge on any atom is -0.473 e. The first-order chi connectivity index (χ1) is 8.26. The van der Waals surface area contributed by atoms with Gasteiger partial charge in [0.2, 0.25) is 0 Å². The van der Waals surface area contributed by atoms with E-state index >= 15 is 0 Å². The Labute approximate surface area is 105 Å². The molecule has 1 rings (SSSR count). The van der Waals surface area contributed by atoms with E-state index in [1.807, 2.05) is 13.0 Å². The van der Waals surface area contributed by atoms with Crippen LogP contribution in [0.25, 0.3) is 0 Å². The van der Waals surface area contributed by atoms with Crippen LogP contribution in [0.2, 0.25) is 0 Å². The topological polar surface area (TPSA) is 47.9 Å². The van der Waals surface area contributed by atoms with Gasteiger partial charge in [-0.1, -0.05) is 36.9 Å². The maximum atomic E-state index is 11.4. The number of rotatable bonds is 3. The quantitative estimate of drug-likeness (QED) is 0.612. The number of amides is 1. The molecular weight excluding hydrogens is 238 g/mol. The van der Waals surface area contributed by atoms with E-state index in [9.17, 15) is 4.79 Å². The summed E-state index contributed by atoms with van der Waals surface area (Å²) >= 11 is 1.28. The SMILES string of the molecule is CCCO/C(=N\C(=O)Oc1ccccc1)SC. The van der Waals surface area contributed by atoms with Crippen LogP contribution >= 0.6 is 11.8 Å². The van der Waals surface area contributed by atoms with Crippen molar-refractivity contribution in [2.24, 2.45) is 4.99 Å². The summed E-state index contributed by atoms with van der Waals surface area (Å²) in [7, 11) is 0. The number of ether oxygens (including phenoxy) is 2. The van der Waals surface area contributed by atoms with Gasteiger partial charge in [0, 0.05) is 0 Å². The second-order valence-electron chi connectivity index (χ2n) is 3.11. The van der Waals surface area contributed by atoms with Crippen molar-refractivity contribution < 1.29 is 14.3 Å². The van der Waals surface area contributed by atoms with Gasteiger partial charge in [0.25, 0.3) is 5.23 Å². The zero-order chi connectivity index (χ0) is 12.5. The highest BCUT2D eigenvalue weighted by Crippen LogP contribution is 2.10. The van der Waals surface area contributed by atoms with Gasteiger partial charge < -0.3 is 9.47 Å². The largest absolute Gasteiger partial charge is 0.473 e. The summed E-state index contributed by atoms with van der Waals surface area (Å²) < 4.78 is 10.3. The first-order valence-corrected chi connectivity index (χ1v) is 6.51. The molecule has 0 aliphatic rings. The molecule has 5 heteroatoms. The summed E-state index contributed by atoms with van der Waals surface area (Å²) in [6.45, 7) is 2.53. The third kappa shape index (κ3) is 5.40. The number of hydrogen-bond donors (Lipinski definition) is 0. The smallest absolute Gasteiger partial charge is 0.442 e. The van der Waals surface area contributed by atoms with Crippen molar-refractivity contribution >= 4 is 23.1 Å². The maximum Gasteiger partial charge on any atom is 0.442 e. The van der Waals surface area contributed by atoms with Crippen LogP contribution in [0.4, 0.5) is 4.79 Å². The Morgan fingerprint density at radius 3 is 2.65 bits per heavy atom. The first-order valence-electron chi connectivity index (χ1n) is 5.28. The molecule has 0 heterocycles. The molecule has 0 saturated heterocycles. The number of benzene rings is 1. The van der Waals surface area contributed by atoms with Gasteiger partial charge >= 0.3 is 6.09 Å². The van der Waals surface area contributed by atoms with E-state index in [1.54, 1.807) is 30.5 Å². The third-order valence-electron chi connectivity index (χ3n) is 1.74. The highest BCUT2D eigenvalue weighted by atomic mass is 32.2. The Bertz CT molecular complexity index is 379. The third-order valence-corrected chi connectivity index (χ3v) is 2.29. The highest BCUT2D eigenvalue weighted by Gasteiger charge is 2.06. The minimum absolute atomic E-state index is 0.327. The number of aliphatic imine (C=N–C) groups is 1. The van der Waals surface area contributed by atoms with Crippen LogP contribution in [0.1, 0.15) is 13.3 Å². The molecule has 0 N–H and O–H groups in total. The molecule has 0 fully saturated rings. The van der Waals surface area contributed by atoms with Gasteiger partial charge in [0.1, 0.15) is 5.75 Å². The van der Waals surface area contributed by atoms with E-state index in [1.165, 1.54) is 11.8 Å². The van der Waals surface area contributed by atoms with Gasteiger partial charge in [-0.05, 0) is 24.8 Å². The normalized spacial score (nSPS) is 11.1. The molecule has 0 atom stereocenters. The zero-order valence-corrected chi connectivity index (χ0v) is 10.7. The monoisotopic (exact) mass is 253 g/mol. The predicted octanol–water partition coefficient (Wildman–Crippen LogP) is 3.33. The fraction of sp³-hybridized carbons (Fsp3) is 0.333. The lowest BCUT2D eigenvalue weighted by Gasteiger charge is -2.04. The molecule has 0 unspecified atom stereocenters. The van der Waals surface area contributed by atoms with Crippen LogP contribution in [0.3, 0.4) is 0 Å². The Kier molecular flexibility index (Phi) is 6.17. The lowest BCUT2D eigenvalue weighted by atomic mass is 10.3. The second kappa shape index (κ2) is 7.73. The number of thioether (sulfide) groups is 1. The van der Waals surface area contributed by atoms with Crippen LogP contribution in [0, 0.1) is 0 Å². The molecule has 1 amide bonds. The van der Waals surface area contributed by atoms with Crippen LogP contribution in [-0.2, 0) is 4.74 Å². The maximum absolute atomic E-state index is 11.4. The second-order valence-corrected chi connectivity index (χ2v) is 3.87. The molecule has 0 aliphatic heterocycles. The van der Waals surface area contributed by atoms with Gasteiger partial charge in [-0.15, -0.1) is 4.99 Å². The fourth-order valence-electron chi connectivity index (χ4n) is 1.01. The van der Waals surface area contributed by atoms with Crippen LogP contribution in [0.5, 0.6) is 5.75 Å². The molecule has 4 nitrogen and oxygen atoms in total. The molecule has 1 aromatic rings. The van der Waals surface area contributed by atoms with Crippen LogP contribution in [-0.4, -0.2) is 24.2 Å². The number of carbonyl (C=O) groups excluding carboxylic acids is 1. The number of carbonyl (C=O) groups is 1. The van der Waals surface area contributed by atoms with Gasteiger partial charge in [0.15, 0.2) is 0 Å². The standard InChI is InChI=1S/C12H15NO3S/c1-3-9-15-12(17-2)13-11(14)16-10-7-5-4-6-8-10/h4-8H,3,9H2,1-2H3/b13-12+. The summed E-state index contributed by atoms with van der Waals surface area (Å²) in [5.41, 5.74) is 0. The molecule has 0 spiro atoms. The van der Waals surface area contributed by atoms with Crippen LogP contribution in [0.15, 0.2) is 35.3 Å². The van der Waals surface area contributed by atoms with E-state index in [2.05, 4.69) is 4.99 Å². The molecule has 0 aliphatic carbocycles. The van der Waals surface area contributed by atoms with Gasteiger partial charge in [0.05, 0.1) is 6.61 Å². The van der Waals surface area contributed by atoms with Crippen molar-refractivity contribution in [2.45, 2.75) is 13.3 Å². The van der Waals surface area contributed by atoms with Crippen molar-refractivity contribution in [3.05, 3.63) is 30.3 Å². The molecule has 0 aromatic heterocycles. The Hall–Kier alpha value is -1.49. The Balaban J connectivity index is 2.54. The van der Waals surface area contributed by atoms with E-state index in [0.29, 0.717) is 17.6 Å². The number of para-hydroxylation sites is 1. The van der Waals surface area contributed by atoms with Crippen molar-refractivity contribution in [1.29, 1.82) is 0 Å². The lowest BCUT2D eigenvalue weighted by Crippen LogP contribution is -2.08. The predicted molar refractivity (Wildman–Crippen MR) is 69.7 cm³/mol. The molecule has 0 bridgehead atoms. The molecule has 0 radical (unpaired) electrons. The Morgan fingerprint density at radius 1 is 1.35 bits per heavy atom. The average Bonchev–Trinajstić information content (AvgIpc) is 2.35.